The zero-order valence-corrected chi connectivity index (χ0v) is 24.7. The van der Waals surface area contributed by atoms with Crippen LogP contribution in [-0.4, -0.2) is 0 Å². The second-order valence-corrected chi connectivity index (χ2v) is 14.6. The highest BCUT2D eigenvalue weighted by Gasteiger charge is 2.30. The smallest absolute Gasteiger partial charge is 0.139 e. The van der Waals surface area contributed by atoms with E-state index in [1.54, 1.807) is 0 Å². The Balaban J connectivity index is 1.41. The molecular weight excluding hydrogens is 534 g/mol. The lowest BCUT2D eigenvalue weighted by molar-refractivity contribution is 0.467. The van der Waals surface area contributed by atoms with Gasteiger partial charge >= 0.3 is 0 Å². The summed E-state index contributed by atoms with van der Waals surface area (Å²) in [5, 5.41) is 7.88. The summed E-state index contributed by atoms with van der Waals surface area (Å²) in [6, 6.07) is 55.0. The molecular formula is C38H30OP2. The van der Waals surface area contributed by atoms with E-state index in [0.29, 0.717) is 0 Å². The Bertz CT molecular complexity index is 1710. The van der Waals surface area contributed by atoms with Crippen molar-refractivity contribution in [2.45, 2.75) is 13.3 Å². The van der Waals surface area contributed by atoms with Crippen LogP contribution < -0.4 is 36.6 Å². The van der Waals surface area contributed by atoms with Crippen LogP contribution in [0.1, 0.15) is 16.7 Å². The van der Waals surface area contributed by atoms with Crippen LogP contribution >= 0.6 is 15.8 Å². The van der Waals surface area contributed by atoms with Gasteiger partial charge in [0.25, 0.3) is 0 Å². The number of fused-ring (bicyclic) bond motifs is 2. The van der Waals surface area contributed by atoms with Crippen molar-refractivity contribution in [3.05, 3.63) is 168 Å². The third kappa shape index (κ3) is 5.02. The highest BCUT2D eigenvalue weighted by molar-refractivity contribution is 7.80. The summed E-state index contributed by atoms with van der Waals surface area (Å²) < 4.78 is 7.20. The minimum absolute atomic E-state index is 0.790. The highest BCUT2D eigenvalue weighted by atomic mass is 31.1. The van der Waals surface area contributed by atoms with Gasteiger partial charge in [-0.1, -0.05) is 146 Å². The van der Waals surface area contributed by atoms with Crippen molar-refractivity contribution in [1.29, 1.82) is 0 Å². The van der Waals surface area contributed by atoms with E-state index >= 15 is 0 Å². The Hall–Kier alpha value is -4.02. The van der Waals surface area contributed by atoms with Gasteiger partial charge in [0.15, 0.2) is 0 Å². The van der Waals surface area contributed by atoms with Gasteiger partial charge in [-0.3, -0.25) is 0 Å². The number of aryl methyl sites for hydroxylation is 1. The fourth-order valence-corrected chi connectivity index (χ4v) is 10.5. The third-order valence-electron chi connectivity index (χ3n) is 7.66. The van der Waals surface area contributed by atoms with Crippen molar-refractivity contribution in [1.82, 2.24) is 0 Å². The Kier molecular flexibility index (Phi) is 7.24. The van der Waals surface area contributed by atoms with Crippen molar-refractivity contribution >= 4 is 47.7 Å². The van der Waals surface area contributed by atoms with E-state index in [1.165, 1.54) is 48.5 Å². The summed E-state index contributed by atoms with van der Waals surface area (Å²) in [4.78, 5) is 0. The van der Waals surface area contributed by atoms with Crippen LogP contribution in [-0.2, 0) is 6.42 Å². The predicted molar refractivity (Wildman–Crippen MR) is 178 cm³/mol. The lowest BCUT2D eigenvalue weighted by Gasteiger charge is -2.31. The normalized spacial score (nSPS) is 12.1. The molecule has 0 aromatic heterocycles. The molecule has 0 aliphatic carbocycles. The van der Waals surface area contributed by atoms with E-state index in [-0.39, 0.29) is 0 Å². The van der Waals surface area contributed by atoms with Crippen molar-refractivity contribution in [3.63, 3.8) is 0 Å². The van der Waals surface area contributed by atoms with Gasteiger partial charge in [0, 0.05) is 22.6 Å². The van der Waals surface area contributed by atoms with Crippen LogP contribution in [0.4, 0.5) is 0 Å². The molecule has 41 heavy (non-hydrogen) atoms. The molecule has 1 aliphatic rings. The number of rotatable bonds is 6. The molecule has 6 aromatic carbocycles. The van der Waals surface area contributed by atoms with Crippen molar-refractivity contribution < 1.29 is 4.74 Å². The second kappa shape index (κ2) is 11.5. The minimum atomic E-state index is -0.795. The van der Waals surface area contributed by atoms with Crippen LogP contribution in [0, 0.1) is 6.92 Å². The maximum Gasteiger partial charge on any atom is 0.139 e. The molecule has 0 atom stereocenters. The third-order valence-corrected chi connectivity index (χ3v) is 12.6. The maximum atomic E-state index is 7.20. The zero-order chi connectivity index (χ0) is 27.6. The Morgan fingerprint density at radius 1 is 0.439 bits per heavy atom. The molecule has 0 saturated carbocycles. The minimum Gasteiger partial charge on any atom is -0.455 e. The van der Waals surface area contributed by atoms with Gasteiger partial charge in [-0.2, -0.15) is 0 Å². The number of hydrogen-bond donors (Lipinski definition) is 0. The van der Waals surface area contributed by atoms with Gasteiger partial charge in [0.1, 0.15) is 11.5 Å². The monoisotopic (exact) mass is 564 g/mol. The largest absolute Gasteiger partial charge is 0.455 e. The summed E-state index contributed by atoms with van der Waals surface area (Å²) in [6.07, 6.45) is 0.873. The average Bonchev–Trinajstić information content (AvgIpc) is 3.04. The van der Waals surface area contributed by atoms with Gasteiger partial charge in [0.05, 0.1) is 0 Å². The Labute approximate surface area is 245 Å². The van der Waals surface area contributed by atoms with E-state index in [4.69, 9.17) is 4.74 Å². The molecule has 0 amide bonds. The number of benzene rings is 6. The molecule has 0 unspecified atom stereocenters. The summed E-state index contributed by atoms with van der Waals surface area (Å²) in [5.74, 6) is 2.07. The van der Waals surface area contributed by atoms with Crippen LogP contribution in [0.25, 0.3) is 0 Å². The van der Waals surface area contributed by atoms with Crippen molar-refractivity contribution in [2.75, 3.05) is 0 Å². The van der Waals surface area contributed by atoms with E-state index in [1.807, 2.05) is 0 Å². The summed E-state index contributed by atoms with van der Waals surface area (Å²) >= 11 is 0. The molecule has 1 nitrogen and oxygen atoms in total. The molecule has 0 fully saturated rings. The van der Waals surface area contributed by atoms with Gasteiger partial charge in [-0.05, 0) is 61.2 Å². The number of ether oxygens (including phenoxy) is 1. The van der Waals surface area contributed by atoms with Crippen molar-refractivity contribution in [2.24, 2.45) is 0 Å². The van der Waals surface area contributed by atoms with E-state index in [2.05, 4.69) is 159 Å². The molecule has 6 aromatic rings. The van der Waals surface area contributed by atoms with Crippen LogP contribution in [0.5, 0.6) is 11.5 Å². The quantitative estimate of drug-likeness (QED) is 0.194. The summed E-state index contributed by atoms with van der Waals surface area (Å²) in [6.45, 7) is 2.22. The number of hydrogen-bond acceptors (Lipinski definition) is 1. The fraction of sp³-hybridized carbons (Fsp3) is 0.0526. The molecule has 1 aliphatic heterocycles. The molecule has 198 valence electrons. The molecule has 0 N–H and O–H groups in total. The van der Waals surface area contributed by atoms with Crippen molar-refractivity contribution in [3.8, 4) is 11.5 Å². The maximum absolute atomic E-state index is 7.20. The summed E-state index contributed by atoms with van der Waals surface area (Å²) in [5.41, 5.74) is 3.85. The van der Waals surface area contributed by atoms with Gasteiger partial charge < -0.3 is 4.74 Å². The Morgan fingerprint density at radius 3 is 1.34 bits per heavy atom. The van der Waals surface area contributed by atoms with E-state index < -0.39 is 15.8 Å². The lowest BCUT2D eigenvalue weighted by Crippen LogP contribution is -2.27. The van der Waals surface area contributed by atoms with E-state index in [0.717, 1.165) is 17.9 Å². The Morgan fingerprint density at radius 2 is 0.878 bits per heavy atom. The first-order valence-corrected chi connectivity index (χ1v) is 16.7. The second-order valence-electron chi connectivity index (χ2n) is 10.3. The first kappa shape index (κ1) is 25.9. The molecule has 0 saturated heterocycles. The molecule has 0 radical (unpaired) electrons. The molecule has 0 spiro atoms. The van der Waals surface area contributed by atoms with Gasteiger partial charge in [-0.15, -0.1) is 0 Å². The van der Waals surface area contributed by atoms with Gasteiger partial charge in [0.2, 0.25) is 0 Å². The molecule has 7 rings (SSSR count). The van der Waals surface area contributed by atoms with Gasteiger partial charge in [-0.25, -0.2) is 0 Å². The topological polar surface area (TPSA) is 9.23 Å². The zero-order valence-electron chi connectivity index (χ0n) is 22.9. The SMILES string of the molecule is Cc1ccc(P(c2ccccc2)c2ccccc2)c2c1Cc1cccc(P(c3ccccc3)c3ccccc3)c1O2. The first-order valence-electron chi connectivity index (χ1n) is 14.0. The molecule has 0 bridgehead atoms. The molecule has 3 heteroatoms. The predicted octanol–water partition coefficient (Wildman–Crippen LogP) is 7.21. The lowest BCUT2D eigenvalue weighted by atomic mass is 9.96. The van der Waals surface area contributed by atoms with Crippen LogP contribution in [0.2, 0.25) is 0 Å². The molecule has 1 heterocycles. The highest BCUT2D eigenvalue weighted by Crippen LogP contribution is 2.46. The first-order chi connectivity index (χ1) is 20.3. The van der Waals surface area contributed by atoms with E-state index in [9.17, 15) is 0 Å². The standard InChI is InChI=1S/C38H30OP2/c1-28-25-26-36(41(32-20-10-4-11-21-32)33-22-12-5-13-23-33)38-34(28)27-29-15-14-24-35(37(29)39-38)40(30-16-6-2-7-17-30)31-18-8-3-9-19-31/h2-26H,27H2,1H3. The number of para-hydroxylation sites is 1. The fourth-order valence-electron chi connectivity index (χ4n) is 5.68. The van der Waals surface area contributed by atoms with Crippen LogP contribution in [0.15, 0.2) is 152 Å². The average molecular weight is 565 g/mol. The van der Waals surface area contributed by atoms with Crippen LogP contribution in [0.3, 0.4) is 0 Å². The summed E-state index contributed by atoms with van der Waals surface area (Å²) in [7, 11) is -1.58.